The molecule has 0 saturated carbocycles. The molecule has 0 bridgehead atoms. The second kappa shape index (κ2) is 6.17. The zero-order valence-corrected chi connectivity index (χ0v) is 14.5. The van der Waals surface area contributed by atoms with E-state index < -0.39 is 14.9 Å². The molecule has 0 N–H and O–H groups in total. The minimum atomic E-state index is -4.14. The molecule has 9 heteroatoms. The molecule has 7 nitrogen and oxygen atoms in total. The van der Waals surface area contributed by atoms with Crippen molar-refractivity contribution >= 4 is 43.1 Å². The normalized spacial score (nSPS) is 17.4. The van der Waals surface area contributed by atoms with Gasteiger partial charge in [0.25, 0.3) is 15.7 Å². The predicted octanol–water partition coefficient (Wildman–Crippen LogP) is 2.92. The molecule has 23 heavy (non-hydrogen) atoms. The fourth-order valence-electron chi connectivity index (χ4n) is 1.87. The lowest BCUT2D eigenvalue weighted by atomic mass is 9.99. The molecular formula is C14H11BrN2O5S. The first-order valence-corrected chi connectivity index (χ1v) is 8.56. The third kappa shape index (κ3) is 3.45. The van der Waals surface area contributed by atoms with Crippen LogP contribution in [0.3, 0.4) is 0 Å². The van der Waals surface area contributed by atoms with E-state index in [9.17, 15) is 23.3 Å². The van der Waals surface area contributed by atoms with Crippen LogP contribution in [0.25, 0.3) is 0 Å². The van der Waals surface area contributed by atoms with E-state index in [1.165, 1.54) is 24.3 Å². The van der Waals surface area contributed by atoms with Gasteiger partial charge in [0.15, 0.2) is 5.78 Å². The number of nitrogens with zero attached hydrogens (tertiary/aromatic N) is 2. The maximum atomic E-state index is 12.4. The van der Waals surface area contributed by atoms with Crippen LogP contribution >= 0.6 is 15.9 Å². The number of hydrogen-bond donors (Lipinski definition) is 0. The molecule has 0 aromatic heterocycles. The number of sulfonamides is 1. The maximum Gasteiger partial charge on any atom is 0.283 e. The number of hydrogen-bond acceptors (Lipinski definition) is 5. The van der Waals surface area contributed by atoms with Gasteiger partial charge in [-0.3, -0.25) is 14.9 Å². The van der Waals surface area contributed by atoms with E-state index >= 15 is 0 Å². The Hall–Kier alpha value is -2.13. The number of rotatable bonds is 3. The van der Waals surface area contributed by atoms with Crippen LogP contribution in [0.1, 0.15) is 13.8 Å². The first kappa shape index (κ1) is 17.2. The number of nitro benzene ring substituents is 1. The Morgan fingerprint density at radius 3 is 2.52 bits per heavy atom. The van der Waals surface area contributed by atoms with Gasteiger partial charge in [0.1, 0.15) is 0 Å². The van der Waals surface area contributed by atoms with E-state index in [0.29, 0.717) is 11.1 Å². The molecule has 0 aliphatic heterocycles. The summed E-state index contributed by atoms with van der Waals surface area (Å²) in [6.07, 6.45) is 1.37. The number of ketones is 1. The van der Waals surface area contributed by atoms with E-state index in [2.05, 4.69) is 20.3 Å². The fraction of sp³-hybridized carbons (Fsp3) is 0.143. The van der Waals surface area contributed by atoms with Crippen LogP contribution in [-0.2, 0) is 14.8 Å². The molecule has 0 spiro atoms. The summed E-state index contributed by atoms with van der Waals surface area (Å²) >= 11 is 3.12. The highest BCUT2D eigenvalue weighted by molar-refractivity contribution is 9.12. The monoisotopic (exact) mass is 398 g/mol. The molecule has 2 rings (SSSR count). The van der Waals surface area contributed by atoms with Crippen LogP contribution in [0.5, 0.6) is 0 Å². The van der Waals surface area contributed by atoms with E-state index in [1.807, 2.05) is 0 Å². The van der Waals surface area contributed by atoms with E-state index in [1.54, 1.807) is 13.8 Å². The Balaban J connectivity index is 2.55. The second-order valence-corrected chi connectivity index (χ2v) is 7.20. The highest BCUT2D eigenvalue weighted by Crippen LogP contribution is 2.26. The molecule has 1 aliphatic rings. The quantitative estimate of drug-likeness (QED) is 0.441. The van der Waals surface area contributed by atoms with E-state index in [4.69, 9.17) is 0 Å². The first-order chi connectivity index (χ1) is 10.6. The van der Waals surface area contributed by atoms with Crippen molar-refractivity contribution in [3.8, 4) is 0 Å². The molecule has 0 radical (unpaired) electrons. The van der Waals surface area contributed by atoms with Gasteiger partial charge in [0.05, 0.1) is 20.0 Å². The first-order valence-electron chi connectivity index (χ1n) is 6.32. The summed E-state index contributed by atoms with van der Waals surface area (Å²) in [5.41, 5.74) is 0.496. The largest absolute Gasteiger partial charge is 0.288 e. The van der Waals surface area contributed by atoms with Crippen molar-refractivity contribution in [2.45, 2.75) is 18.7 Å². The number of carbonyl (C=O) groups is 1. The van der Waals surface area contributed by atoms with Crippen molar-refractivity contribution in [3.05, 3.63) is 56.1 Å². The lowest BCUT2D eigenvalue weighted by molar-refractivity contribution is -0.385. The topological polar surface area (TPSA) is 107 Å². The lowest BCUT2D eigenvalue weighted by Crippen LogP contribution is -2.15. The molecule has 0 unspecified atom stereocenters. The molecule has 0 amide bonds. The van der Waals surface area contributed by atoms with Gasteiger partial charge in [-0.05, 0) is 53.1 Å². The molecule has 1 aromatic rings. The number of Topliss-reactive ketones (excluding diaryl/α,β-unsaturated/α-hetero) is 1. The van der Waals surface area contributed by atoms with Gasteiger partial charge in [-0.15, -0.1) is 0 Å². The summed E-state index contributed by atoms with van der Waals surface area (Å²) in [7, 11) is -4.14. The van der Waals surface area contributed by atoms with E-state index in [0.717, 1.165) is 6.07 Å². The third-order valence-corrected chi connectivity index (χ3v) is 5.41. The fourth-order valence-corrected chi connectivity index (χ4v) is 3.46. The summed E-state index contributed by atoms with van der Waals surface area (Å²) in [6.45, 7) is 3.11. The number of nitro groups is 1. The number of benzene rings is 1. The van der Waals surface area contributed by atoms with Gasteiger partial charge < -0.3 is 0 Å². The van der Waals surface area contributed by atoms with Crippen molar-refractivity contribution in [2.75, 3.05) is 0 Å². The second-order valence-electron chi connectivity index (χ2n) is 4.80. The Kier molecular flexibility index (Phi) is 4.62. The molecule has 1 aromatic carbocycles. The molecule has 0 heterocycles. The molecule has 0 atom stereocenters. The summed E-state index contributed by atoms with van der Waals surface area (Å²) in [6, 6.07) is 4.63. The summed E-state index contributed by atoms with van der Waals surface area (Å²) in [5, 5.41) is 10.8. The van der Waals surface area contributed by atoms with Crippen LogP contribution < -0.4 is 0 Å². The Labute approximate surface area is 140 Å². The molecule has 0 fully saturated rings. The number of carbonyl (C=O) groups excluding carboxylic acids is 1. The van der Waals surface area contributed by atoms with Crippen molar-refractivity contribution in [1.82, 2.24) is 0 Å². The Morgan fingerprint density at radius 2 is 1.91 bits per heavy atom. The minimum absolute atomic E-state index is 0.112. The van der Waals surface area contributed by atoms with Crippen LogP contribution in [0.2, 0.25) is 0 Å². The zero-order valence-electron chi connectivity index (χ0n) is 12.1. The lowest BCUT2D eigenvalue weighted by Gasteiger charge is -2.13. The van der Waals surface area contributed by atoms with Crippen LogP contribution in [0.15, 0.2) is 55.3 Å². The molecule has 1 aliphatic carbocycles. The minimum Gasteiger partial charge on any atom is -0.288 e. The van der Waals surface area contributed by atoms with Crippen LogP contribution in [0.4, 0.5) is 5.69 Å². The van der Waals surface area contributed by atoms with Crippen molar-refractivity contribution in [3.63, 3.8) is 0 Å². The number of halogens is 1. The van der Waals surface area contributed by atoms with Crippen molar-refractivity contribution in [1.29, 1.82) is 0 Å². The average molecular weight is 399 g/mol. The highest BCUT2D eigenvalue weighted by atomic mass is 79.9. The third-order valence-electron chi connectivity index (χ3n) is 3.17. The standard InChI is InChI=1S/C14H11BrN2O5S/c1-8-6-12(9(2)13(15)14(8)18)16-23(21,22)11-5-3-4-10(7-11)17(19)20/h3-7H,1-2H3/b16-12-. The van der Waals surface area contributed by atoms with Gasteiger partial charge in [-0.1, -0.05) is 6.07 Å². The summed E-state index contributed by atoms with van der Waals surface area (Å²) in [4.78, 5) is 21.6. The van der Waals surface area contributed by atoms with E-state index in [-0.39, 0.29) is 26.6 Å². The highest BCUT2D eigenvalue weighted by Gasteiger charge is 2.23. The van der Waals surface area contributed by atoms with Crippen LogP contribution in [-0.4, -0.2) is 24.8 Å². The van der Waals surface area contributed by atoms with Crippen LogP contribution in [0, 0.1) is 10.1 Å². The summed E-state index contributed by atoms with van der Waals surface area (Å²) < 4.78 is 28.7. The molecule has 120 valence electrons. The number of non-ortho nitro benzene ring substituents is 1. The summed E-state index contributed by atoms with van der Waals surface area (Å²) in [5.74, 6) is -0.241. The maximum absolute atomic E-state index is 12.4. The van der Waals surface area contributed by atoms with Gasteiger partial charge in [0.2, 0.25) is 0 Å². The van der Waals surface area contributed by atoms with Gasteiger partial charge in [0, 0.05) is 12.1 Å². The smallest absolute Gasteiger partial charge is 0.283 e. The van der Waals surface area contributed by atoms with Gasteiger partial charge in [-0.2, -0.15) is 12.8 Å². The predicted molar refractivity (Wildman–Crippen MR) is 88.1 cm³/mol. The van der Waals surface area contributed by atoms with Gasteiger partial charge in [-0.25, -0.2) is 0 Å². The van der Waals surface area contributed by atoms with Gasteiger partial charge >= 0.3 is 0 Å². The Bertz CT molecular complexity index is 913. The Morgan fingerprint density at radius 1 is 1.26 bits per heavy atom. The SMILES string of the molecule is CC1=C/C(=N/S(=O)(=O)c2cccc([N+](=O)[O-])c2)C(C)=C(Br)C1=O. The zero-order chi connectivity index (χ0) is 17.4. The van der Waals surface area contributed by atoms with Crippen molar-refractivity contribution in [2.24, 2.45) is 4.40 Å². The molecular weight excluding hydrogens is 388 g/mol. The molecule has 0 saturated heterocycles. The average Bonchev–Trinajstić information content (AvgIpc) is 2.50. The van der Waals surface area contributed by atoms with Crippen molar-refractivity contribution < 1.29 is 18.1 Å². The number of allylic oxidation sites excluding steroid dienone is 4.